The largest absolute Gasteiger partial charge is 0.351 e. The zero-order chi connectivity index (χ0) is 13.8. The molecule has 0 spiro atoms. The number of hydrogen-bond donors (Lipinski definition) is 1. The van der Waals surface area contributed by atoms with Gasteiger partial charge in [-0.2, -0.15) is 0 Å². The van der Waals surface area contributed by atoms with Crippen LogP contribution >= 0.6 is 0 Å². The molecule has 1 aromatic carbocycles. The molecular weight excluding hydrogens is 242 g/mol. The van der Waals surface area contributed by atoms with E-state index in [-0.39, 0.29) is 17.9 Å². The summed E-state index contributed by atoms with van der Waals surface area (Å²) in [7, 11) is 0. The molecule has 0 radical (unpaired) electrons. The molecule has 0 aromatic heterocycles. The van der Waals surface area contributed by atoms with Crippen molar-refractivity contribution in [3.8, 4) is 0 Å². The highest BCUT2D eigenvalue weighted by Gasteiger charge is 2.39. The second kappa shape index (κ2) is 5.99. The van der Waals surface area contributed by atoms with Gasteiger partial charge in [0.1, 0.15) is 0 Å². The predicted molar refractivity (Wildman–Crippen MR) is 72.0 cm³/mol. The smallest absolute Gasteiger partial charge is 0.240 e. The molecule has 1 fully saturated rings. The van der Waals surface area contributed by atoms with Crippen LogP contribution in [0.3, 0.4) is 0 Å². The lowest BCUT2D eigenvalue weighted by Gasteiger charge is -2.27. The Morgan fingerprint density at radius 2 is 2.26 bits per heavy atom. The molecular formula is C15H19NO3. The number of allylic oxidation sites excluding steroid dienone is 1. The predicted octanol–water partition coefficient (Wildman–Crippen LogP) is 2.07. The quantitative estimate of drug-likeness (QED) is 0.844. The molecule has 102 valence electrons. The standard InChI is InChI=1S/C15H19NO3/c1-3-7-11(2)14(17)16-13(10-19-15(16)18)12-8-5-4-6-9-12/h3-6,8-9,11,13,15,18H,1,7,10H2,2H3. The number of ether oxygens (including phenoxy) is 1. The fraction of sp³-hybridized carbons (Fsp3) is 0.400. The topological polar surface area (TPSA) is 49.8 Å². The molecule has 1 aromatic rings. The van der Waals surface area contributed by atoms with Crippen LogP contribution in [-0.2, 0) is 9.53 Å². The summed E-state index contributed by atoms with van der Waals surface area (Å²) in [6.45, 7) is 5.79. The van der Waals surface area contributed by atoms with Gasteiger partial charge in [0, 0.05) is 5.92 Å². The molecule has 1 N–H and O–H groups in total. The minimum absolute atomic E-state index is 0.112. The van der Waals surface area contributed by atoms with Crippen molar-refractivity contribution in [2.24, 2.45) is 5.92 Å². The highest BCUT2D eigenvalue weighted by atomic mass is 16.6. The third-order valence-corrected chi connectivity index (χ3v) is 3.36. The van der Waals surface area contributed by atoms with Crippen molar-refractivity contribution < 1.29 is 14.6 Å². The molecule has 3 atom stereocenters. The van der Waals surface area contributed by atoms with E-state index in [1.54, 1.807) is 6.08 Å². The molecule has 1 amide bonds. The van der Waals surface area contributed by atoms with Gasteiger partial charge in [0.2, 0.25) is 12.3 Å². The van der Waals surface area contributed by atoms with Crippen LogP contribution in [0.1, 0.15) is 24.9 Å². The molecule has 2 rings (SSSR count). The molecule has 1 aliphatic heterocycles. The first kappa shape index (κ1) is 13.8. The summed E-state index contributed by atoms with van der Waals surface area (Å²) in [6.07, 6.45) is 1.14. The van der Waals surface area contributed by atoms with Crippen molar-refractivity contribution in [1.82, 2.24) is 4.90 Å². The summed E-state index contributed by atoms with van der Waals surface area (Å²) < 4.78 is 5.22. The van der Waals surface area contributed by atoms with E-state index in [0.717, 1.165) is 5.56 Å². The summed E-state index contributed by atoms with van der Waals surface area (Å²) in [5.41, 5.74) is 0.971. The molecule has 0 saturated carbocycles. The number of amides is 1. The lowest BCUT2D eigenvalue weighted by molar-refractivity contribution is -0.168. The number of aliphatic hydroxyl groups is 1. The Bertz CT molecular complexity index is 446. The van der Waals surface area contributed by atoms with E-state index in [1.165, 1.54) is 4.90 Å². The fourth-order valence-corrected chi connectivity index (χ4v) is 2.29. The molecule has 0 aliphatic carbocycles. The molecule has 1 aliphatic rings. The number of benzene rings is 1. The van der Waals surface area contributed by atoms with E-state index in [2.05, 4.69) is 6.58 Å². The van der Waals surface area contributed by atoms with E-state index < -0.39 is 6.41 Å². The Kier molecular flexibility index (Phi) is 4.35. The first-order chi connectivity index (χ1) is 9.15. The van der Waals surface area contributed by atoms with Gasteiger partial charge in [0.25, 0.3) is 0 Å². The van der Waals surface area contributed by atoms with Crippen LogP contribution in [0.25, 0.3) is 0 Å². The SMILES string of the molecule is C=CCC(C)C(=O)N1C(O)OCC1c1ccccc1. The van der Waals surface area contributed by atoms with Crippen LogP contribution in [0.4, 0.5) is 0 Å². The van der Waals surface area contributed by atoms with Gasteiger partial charge in [-0.25, -0.2) is 0 Å². The Hall–Kier alpha value is -1.65. The van der Waals surface area contributed by atoms with Crippen molar-refractivity contribution in [3.63, 3.8) is 0 Å². The van der Waals surface area contributed by atoms with Gasteiger partial charge < -0.3 is 9.84 Å². The van der Waals surface area contributed by atoms with Gasteiger partial charge in [-0.15, -0.1) is 6.58 Å². The number of rotatable bonds is 4. The van der Waals surface area contributed by atoms with Gasteiger partial charge in [-0.05, 0) is 12.0 Å². The number of carbonyl (C=O) groups is 1. The minimum Gasteiger partial charge on any atom is -0.351 e. The van der Waals surface area contributed by atoms with Crippen molar-refractivity contribution in [2.45, 2.75) is 25.8 Å². The van der Waals surface area contributed by atoms with Gasteiger partial charge in [-0.1, -0.05) is 43.3 Å². The van der Waals surface area contributed by atoms with E-state index in [1.807, 2.05) is 37.3 Å². The first-order valence-electron chi connectivity index (χ1n) is 6.43. The van der Waals surface area contributed by atoms with Crippen molar-refractivity contribution >= 4 is 5.91 Å². The maximum Gasteiger partial charge on any atom is 0.240 e. The average molecular weight is 261 g/mol. The first-order valence-corrected chi connectivity index (χ1v) is 6.43. The Morgan fingerprint density at radius 3 is 2.89 bits per heavy atom. The maximum atomic E-state index is 12.4. The van der Waals surface area contributed by atoms with Crippen LogP contribution in [0.15, 0.2) is 43.0 Å². The van der Waals surface area contributed by atoms with Crippen LogP contribution in [-0.4, -0.2) is 28.9 Å². The monoisotopic (exact) mass is 261 g/mol. The number of hydrogen-bond acceptors (Lipinski definition) is 3. The normalized spacial score (nSPS) is 24.2. The van der Waals surface area contributed by atoms with Crippen LogP contribution in [0.5, 0.6) is 0 Å². The summed E-state index contributed by atoms with van der Waals surface area (Å²) in [6, 6.07) is 9.39. The summed E-state index contributed by atoms with van der Waals surface area (Å²) in [5.74, 6) is -0.321. The molecule has 1 saturated heterocycles. The van der Waals surface area contributed by atoms with Gasteiger partial charge >= 0.3 is 0 Å². The molecule has 4 nitrogen and oxygen atoms in total. The minimum atomic E-state index is -1.16. The van der Waals surface area contributed by atoms with Gasteiger partial charge in [0.05, 0.1) is 12.6 Å². The lowest BCUT2D eigenvalue weighted by atomic mass is 10.0. The number of nitrogens with zero attached hydrogens (tertiary/aromatic N) is 1. The number of carbonyl (C=O) groups excluding carboxylic acids is 1. The number of aliphatic hydroxyl groups excluding tert-OH is 1. The van der Waals surface area contributed by atoms with Crippen molar-refractivity contribution in [1.29, 1.82) is 0 Å². The molecule has 0 bridgehead atoms. The Balaban J connectivity index is 2.20. The van der Waals surface area contributed by atoms with Gasteiger partial charge in [0.15, 0.2) is 0 Å². The van der Waals surface area contributed by atoms with E-state index in [9.17, 15) is 9.90 Å². The van der Waals surface area contributed by atoms with Crippen LogP contribution < -0.4 is 0 Å². The van der Waals surface area contributed by atoms with Crippen LogP contribution in [0, 0.1) is 5.92 Å². The van der Waals surface area contributed by atoms with Crippen molar-refractivity contribution in [2.75, 3.05) is 6.61 Å². The lowest BCUT2D eigenvalue weighted by Crippen LogP contribution is -2.40. The Morgan fingerprint density at radius 1 is 1.58 bits per heavy atom. The maximum absolute atomic E-state index is 12.4. The second-order valence-corrected chi connectivity index (χ2v) is 4.76. The van der Waals surface area contributed by atoms with Gasteiger partial charge in [-0.3, -0.25) is 9.69 Å². The molecule has 3 unspecified atom stereocenters. The molecule has 1 heterocycles. The summed E-state index contributed by atoms with van der Waals surface area (Å²) in [4.78, 5) is 13.8. The summed E-state index contributed by atoms with van der Waals surface area (Å²) >= 11 is 0. The van der Waals surface area contributed by atoms with Crippen LogP contribution in [0.2, 0.25) is 0 Å². The zero-order valence-corrected chi connectivity index (χ0v) is 11.0. The molecule has 19 heavy (non-hydrogen) atoms. The van der Waals surface area contributed by atoms with Crippen molar-refractivity contribution in [3.05, 3.63) is 48.6 Å². The summed E-state index contributed by atoms with van der Waals surface area (Å²) in [5, 5.41) is 9.87. The third-order valence-electron chi connectivity index (χ3n) is 3.36. The second-order valence-electron chi connectivity index (χ2n) is 4.76. The molecule has 4 heteroatoms. The van der Waals surface area contributed by atoms with E-state index in [4.69, 9.17) is 4.74 Å². The van der Waals surface area contributed by atoms with E-state index in [0.29, 0.717) is 13.0 Å². The Labute approximate surface area is 113 Å². The highest BCUT2D eigenvalue weighted by molar-refractivity contribution is 5.79. The average Bonchev–Trinajstić information content (AvgIpc) is 2.81. The highest BCUT2D eigenvalue weighted by Crippen LogP contribution is 2.31. The zero-order valence-electron chi connectivity index (χ0n) is 11.0. The van der Waals surface area contributed by atoms with E-state index >= 15 is 0 Å². The fourth-order valence-electron chi connectivity index (χ4n) is 2.29. The third kappa shape index (κ3) is 2.85.